The van der Waals surface area contributed by atoms with Crippen LogP contribution in [0.5, 0.6) is 0 Å². The van der Waals surface area contributed by atoms with Crippen molar-refractivity contribution >= 4 is 22.0 Å². The van der Waals surface area contributed by atoms with Gasteiger partial charge in [0.25, 0.3) is 0 Å². The first-order valence-corrected chi connectivity index (χ1v) is 4.61. The van der Waals surface area contributed by atoms with Crippen molar-refractivity contribution in [3.63, 3.8) is 0 Å². The first-order chi connectivity index (χ1) is 8.24. The van der Waals surface area contributed by atoms with Crippen LogP contribution in [0.4, 0.5) is 39.5 Å². The Morgan fingerprint density at radius 3 is 1.16 bits per heavy atom. The van der Waals surface area contributed by atoms with Crippen LogP contribution in [0.15, 0.2) is 12.1 Å². The predicted molar refractivity (Wildman–Crippen MR) is 46.8 cm³/mol. The van der Waals surface area contributed by atoms with Gasteiger partial charge in [-0.2, -0.15) is 0 Å². The Hall–Kier alpha value is -0.813. The van der Waals surface area contributed by atoms with Crippen molar-refractivity contribution in [1.82, 2.24) is 0 Å². The molecule has 0 bridgehead atoms. The SMILES string of the molecule is [Li][c]1c(C(F)(F)F)cc(C(F)(F)F)cc1C(F)(F)F. The zero-order chi connectivity index (χ0) is 15.2. The average molecular weight is 288 g/mol. The fraction of sp³-hybridized carbons (Fsp3) is 0.333. The monoisotopic (exact) mass is 288 g/mol. The van der Waals surface area contributed by atoms with E-state index in [1.807, 2.05) is 0 Å². The fourth-order valence-corrected chi connectivity index (χ4v) is 1.47. The van der Waals surface area contributed by atoms with Crippen molar-refractivity contribution < 1.29 is 39.5 Å². The van der Waals surface area contributed by atoms with Crippen LogP contribution in [0.1, 0.15) is 16.7 Å². The van der Waals surface area contributed by atoms with Crippen LogP contribution in [0.2, 0.25) is 0 Å². The van der Waals surface area contributed by atoms with E-state index in [1.54, 1.807) is 0 Å². The molecule has 0 N–H and O–H groups in total. The Balaban J connectivity index is 3.68. The summed E-state index contributed by atoms with van der Waals surface area (Å²) in [6, 6.07) is -0.658. The second kappa shape index (κ2) is 4.63. The maximum absolute atomic E-state index is 12.5. The Morgan fingerprint density at radius 2 is 0.947 bits per heavy atom. The van der Waals surface area contributed by atoms with E-state index in [9.17, 15) is 39.5 Å². The van der Waals surface area contributed by atoms with Gasteiger partial charge in [0, 0.05) is 0 Å². The summed E-state index contributed by atoms with van der Waals surface area (Å²) in [7, 11) is 0. The Bertz CT molecular complexity index is 445. The first kappa shape index (κ1) is 16.2. The quantitative estimate of drug-likeness (QED) is 0.506. The summed E-state index contributed by atoms with van der Waals surface area (Å²) in [6.45, 7) is 0. The van der Waals surface area contributed by atoms with E-state index in [4.69, 9.17) is 0 Å². The van der Waals surface area contributed by atoms with Crippen LogP contribution in [-0.2, 0) is 18.5 Å². The molecule has 0 aromatic heterocycles. The van der Waals surface area contributed by atoms with Crippen LogP contribution in [0.25, 0.3) is 0 Å². The minimum atomic E-state index is -5.30. The number of alkyl halides is 9. The maximum atomic E-state index is 12.5. The van der Waals surface area contributed by atoms with E-state index >= 15 is 0 Å². The van der Waals surface area contributed by atoms with Crippen molar-refractivity contribution in [2.75, 3.05) is 0 Å². The van der Waals surface area contributed by atoms with Gasteiger partial charge < -0.3 is 0 Å². The van der Waals surface area contributed by atoms with Crippen LogP contribution >= 0.6 is 0 Å². The molecule has 19 heavy (non-hydrogen) atoms. The Morgan fingerprint density at radius 1 is 0.632 bits per heavy atom. The zero-order valence-corrected chi connectivity index (χ0v) is 9.06. The second-order valence-electron chi connectivity index (χ2n) is 3.69. The first-order valence-electron chi connectivity index (χ1n) is 4.61. The molecule has 0 aliphatic rings. The molecule has 0 spiro atoms. The molecule has 0 nitrogen and oxygen atoms in total. The third kappa shape index (κ3) is 3.60. The summed E-state index contributed by atoms with van der Waals surface area (Å²) >= 11 is 0.478. The molecule has 1 aromatic carbocycles. The van der Waals surface area contributed by atoms with Crippen molar-refractivity contribution in [2.45, 2.75) is 18.5 Å². The molecule has 0 atom stereocenters. The molecule has 0 amide bonds. The van der Waals surface area contributed by atoms with Crippen LogP contribution in [0.3, 0.4) is 0 Å². The number of benzene rings is 1. The number of hydrogen-bond acceptors (Lipinski definition) is 0. The zero-order valence-electron chi connectivity index (χ0n) is 9.06. The average Bonchev–Trinajstić information content (AvgIpc) is 2.11. The van der Waals surface area contributed by atoms with Gasteiger partial charge >= 0.3 is 109 Å². The van der Waals surface area contributed by atoms with Crippen molar-refractivity contribution in [2.24, 2.45) is 0 Å². The molecule has 0 saturated heterocycles. The van der Waals surface area contributed by atoms with Crippen molar-refractivity contribution in [1.29, 1.82) is 0 Å². The number of halogens is 9. The number of hydrogen-bond donors (Lipinski definition) is 0. The van der Waals surface area contributed by atoms with Gasteiger partial charge in [-0.15, -0.1) is 0 Å². The summed E-state index contributed by atoms with van der Waals surface area (Å²) in [5.41, 5.74) is -5.89. The van der Waals surface area contributed by atoms with Gasteiger partial charge in [0.2, 0.25) is 0 Å². The molecule has 10 heteroatoms. The molecule has 0 aliphatic heterocycles. The van der Waals surface area contributed by atoms with Crippen molar-refractivity contribution in [3.05, 3.63) is 28.8 Å². The van der Waals surface area contributed by atoms with E-state index < -0.39 is 39.5 Å². The molecular weight excluding hydrogens is 286 g/mol. The Kier molecular flexibility index (Phi) is 3.96. The molecule has 1 aromatic rings. The fourth-order valence-electron chi connectivity index (χ4n) is 1.47. The molecule has 102 valence electrons. The van der Waals surface area contributed by atoms with Crippen molar-refractivity contribution in [3.8, 4) is 0 Å². The predicted octanol–water partition coefficient (Wildman–Crippen LogP) is 3.54. The van der Waals surface area contributed by atoms with Gasteiger partial charge in [-0.3, -0.25) is 0 Å². The molecule has 0 saturated carbocycles. The molecule has 0 radical (unpaired) electrons. The molecule has 0 unspecified atom stereocenters. The molecule has 0 aliphatic carbocycles. The van der Waals surface area contributed by atoms with Gasteiger partial charge in [-0.05, 0) is 0 Å². The minimum absolute atomic E-state index is 0.329. The van der Waals surface area contributed by atoms with Gasteiger partial charge in [0.05, 0.1) is 0 Å². The normalized spacial score (nSPS) is 13.8. The second-order valence-corrected chi connectivity index (χ2v) is 3.69. The molecule has 0 heterocycles. The van der Waals surface area contributed by atoms with Crippen LogP contribution in [-0.4, -0.2) is 17.7 Å². The summed E-state index contributed by atoms with van der Waals surface area (Å²) < 4.78 is 110. The summed E-state index contributed by atoms with van der Waals surface area (Å²) in [6.07, 6.45) is -15.9. The molecule has 1 rings (SSSR count). The molecule has 0 fully saturated rings. The van der Waals surface area contributed by atoms with Gasteiger partial charge in [-0.1, -0.05) is 0 Å². The standard InChI is InChI=1S/C9H2F9.Li/c10-7(11,12)4-1-5(8(13,14)15)3-6(2-4)9(16,17)18;/h1-2H;. The summed E-state index contributed by atoms with van der Waals surface area (Å²) in [5, 5.41) is 0. The van der Waals surface area contributed by atoms with E-state index in [0.29, 0.717) is 17.7 Å². The van der Waals surface area contributed by atoms with E-state index in [0.717, 1.165) is 0 Å². The van der Waals surface area contributed by atoms with Gasteiger partial charge in [0.1, 0.15) is 0 Å². The van der Waals surface area contributed by atoms with E-state index in [-0.39, 0.29) is 12.1 Å². The molecular formula is C9H2F9Li. The van der Waals surface area contributed by atoms with Gasteiger partial charge in [0.15, 0.2) is 0 Å². The van der Waals surface area contributed by atoms with E-state index in [2.05, 4.69) is 0 Å². The third-order valence-corrected chi connectivity index (χ3v) is 2.35. The third-order valence-electron chi connectivity index (χ3n) is 2.35. The van der Waals surface area contributed by atoms with Gasteiger partial charge in [-0.25, -0.2) is 0 Å². The van der Waals surface area contributed by atoms with Crippen LogP contribution in [0, 0.1) is 0 Å². The Labute approximate surface area is 109 Å². The topological polar surface area (TPSA) is 0 Å². The van der Waals surface area contributed by atoms with Crippen LogP contribution < -0.4 is 4.24 Å². The summed E-state index contributed by atoms with van der Waals surface area (Å²) in [5.74, 6) is 0. The van der Waals surface area contributed by atoms with E-state index in [1.165, 1.54) is 0 Å². The number of rotatable bonds is 0. The summed E-state index contributed by atoms with van der Waals surface area (Å²) in [4.78, 5) is 0.